The van der Waals surface area contributed by atoms with Crippen LogP contribution in [0.2, 0.25) is 0 Å². The van der Waals surface area contributed by atoms with Crippen molar-refractivity contribution in [3.63, 3.8) is 0 Å². The van der Waals surface area contributed by atoms with Crippen molar-refractivity contribution in [2.24, 2.45) is 5.92 Å². The lowest BCUT2D eigenvalue weighted by molar-refractivity contribution is 0.0918. The van der Waals surface area contributed by atoms with Crippen molar-refractivity contribution in [1.82, 2.24) is 15.2 Å². The first-order valence-electron chi connectivity index (χ1n) is 7.69. The van der Waals surface area contributed by atoms with Crippen molar-refractivity contribution in [3.05, 3.63) is 33.7 Å². The second-order valence-electron chi connectivity index (χ2n) is 6.27. The number of hydrogen-bond acceptors (Lipinski definition) is 3. The summed E-state index contributed by atoms with van der Waals surface area (Å²) in [5.74, 6) is 0.426. The Hall–Kier alpha value is -1.62. The third-order valence-corrected chi connectivity index (χ3v) is 3.95. The third-order valence-electron chi connectivity index (χ3n) is 3.95. The van der Waals surface area contributed by atoms with E-state index in [2.05, 4.69) is 22.1 Å². The van der Waals surface area contributed by atoms with E-state index in [1.165, 1.54) is 12.8 Å². The lowest BCUT2D eigenvalue weighted by Gasteiger charge is -2.32. The summed E-state index contributed by atoms with van der Waals surface area (Å²) in [6.45, 7) is 9.06. The molecule has 0 saturated carbocycles. The predicted octanol–water partition coefficient (Wildman–Crippen LogP) is 1.53. The Bertz CT molecular complexity index is 553. The molecular formula is C16H25N3O2. The highest BCUT2D eigenvalue weighted by Crippen LogP contribution is 2.15. The molecule has 0 spiro atoms. The molecule has 21 heavy (non-hydrogen) atoms. The van der Waals surface area contributed by atoms with Crippen molar-refractivity contribution in [1.29, 1.82) is 0 Å². The van der Waals surface area contributed by atoms with E-state index in [0.29, 0.717) is 0 Å². The molecule has 0 aliphatic carbocycles. The van der Waals surface area contributed by atoms with Gasteiger partial charge in [0.15, 0.2) is 0 Å². The minimum absolute atomic E-state index is 0.0310. The number of hydrogen-bond donors (Lipinski definition) is 2. The molecule has 5 nitrogen and oxygen atoms in total. The molecule has 1 saturated heterocycles. The van der Waals surface area contributed by atoms with E-state index in [1.54, 1.807) is 19.1 Å². The van der Waals surface area contributed by atoms with Crippen LogP contribution < -0.4 is 10.9 Å². The number of aromatic nitrogens is 1. The number of pyridine rings is 1. The van der Waals surface area contributed by atoms with Crippen LogP contribution in [0.25, 0.3) is 0 Å². The Morgan fingerprint density at radius 3 is 2.95 bits per heavy atom. The third kappa shape index (κ3) is 4.43. The topological polar surface area (TPSA) is 65.2 Å². The zero-order chi connectivity index (χ0) is 15.4. The molecule has 2 atom stereocenters. The van der Waals surface area contributed by atoms with Gasteiger partial charge in [0.2, 0.25) is 0 Å². The van der Waals surface area contributed by atoms with Gasteiger partial charge in [-0.05, 0) is 51.3 Å². The molecule has 116 valence electrons. The number of carbonyl (C=O) groups is 1. The Kier molecular flexibility index (Phi) is 5.17. The molecule has 1 fully saturated rings. The molecule has 1 aromatic rings. The first kappa shape index (κ1) is 15.8. The molecule has 0 aromatic carbocycles. The molecule has 0 radical (unpaired) electrons. The summed E-state index contributed by atoms with van der Waals surface area (Å²) in [6.07, 6.45) is 2.51. The molecule has 2 rings (SSSR count). The lowest BCUT2D eigenvalue weighted by Crippen LogP contribution is -2.45. The van der Waals surface area contributed by atoms with Crippen LogP contribution in [0.15, 0.2) is 16.9 Å². The van der Waals surface area contributed by atoms with Crippen LogP contribution in [0, 0.1) is 12.8 Å². The lowest BCUT2D eigenvalue weighted by atomic mass is 10.00. The van der Waals surface area contributed by atoms with Gasteiger partial charge in [0.05, 0.1) is 0 Å². The highest BCUT2D eigenvalue weighted by Gasteiger charge is 2.19. The summed E-state index contributed by atoms with van der Waals surface area (Å²) in [7, 11) is 0. The SMILES string of the molecule is Cc1ccc(C(=O)N[C@@H](C)CN2CCC[C@@H](C)C2)c(=O)[nH]1. The number of nitrogens with one attached hydrogen (secondary N) is 2. The van der Waals surface area contributed by atoms with E-state index >= 15 is 0 Å². The number of aromatic amines is 1. The van der Waals surface area contributed by atoms with Crippen LogP contribution in [-0.4, -0.2) is 41.5 Å². The van der Waals surface area contributed by atoms with Gasteiger partial charge in [0.25, 0.3) is 11.5 Å². The average Bonchev–Trinajstić information content (AvgIpc) is 2.38. The maximum atomic E-state index is 12.1. The van der Waals surface area contributed by atoms with E-state index in [1.807, 2.05) is 6.92 Å². The minimum Gasteiger partial charge on any atom is -0.348 e. The molecular weight excluding hydrogens is 266 g/mol. The molecule has 1 aromatic heterocycles. The number of amides is 1. The Balaban J connectivity index is 1.91. The van der Waals surface area contributed by atoms with Crippen LogP contribution in [0.5, 0.6) is 0 Å². The Morgan fingerprint density at radius 2 is 2.29 bits per heavy atom. The van der Waals surface area contributed by atoms with Gasteiger partial charge < -0.3 is 15.2 Å². The van der Waals surface area contributed by atoms with E-state index < -0.39 is 0 Å². The van der Waals surface area contributed by atoms with Gasteiger partial charge in [-0.2, -0.15) is 0 Å². The zero-order valence-electron chi connectivity index (χ0n) is 13.1. The Morgan fingerprint density at radius 1 is 1.52 bits per heavy atom. The molecule has 2 heterocycles. The van der Waals surface area contributed by atoms with Crippen molar-refractivity contribution < 1.29 is 4.79 Å². The summed E-state index contributed by atoms with van der Waals surface area (Å²) in [5, 5.41) is 2.92. The quantitative estimate of drug-likeness (QED) is 0.884. The van der Waals surface area contributed by atoms with E-state index in [9.17, 15) is 9.59 Å². The Labute approximate surface area is 125 Å². The van der Waals surface area contributed by atoms with E-state index in [-0.39, 0.29) is 23.1 Å². The van der Waals surface area contributed by atoms with Gasteiger partial charge in [0, 0.05) is 24.8 Å². The number of likely N-dealkylation sites (tertiary alicyclic amines) is 1. The number of nitrogens with zero attached hydrogens (tertiary/aromatic N) is 1. The van der Waals surface area contributed by atoms with E-state index in [4.69, 9.17) is 0 Å². The van der Waals surface area contributed by atoms with Gasteiger partial charge in [0.1, 0.15) is 5.56 Å². The standard InChI is InChI=1S/C16H25N3O2/c1-11-5-4-8-19(9-11)10-13(3)18-16(21)14-7-6-12(2)17-15(14)20/h6-7,11,13H,4-5,8-10H2,1-3H3,(H,17,20)(H,18,21)/t11-,13+/m1/s1. The van der Waals surface area contributed by atoms with Crippen molar-refractivity contribution in [3.8, 4) is 0 Å². The van der Waals surface area contributed by atoms with Crippen LogP contribution in [-0.2, 0) is 0 Å². The van der Waals surface area contributed by atoms with Crippen molar-refractivity contribution in [2.45, 2.75) is 39.7 Å². The second-order valence-corrected chi connectivity index (χ2v) is 6.27. The molecule has 1 aliphatic rings. The number of piperidine rings is 1. The second kappa shape index (κ2) is 6.89. The molecule has 1 amide bonds. The van der Waals surface area contributed by atoms with Gasteiger partial charge >= 0.3 is 0 Å². The molecule has 0 unspecified atom stereocenters. The molecule has 2 N–H and O–H groups in total. The van der Waals surface area contributed by atoms with Crippen LogP contribution in [0.4, 0.5) is 0 Å². The van der Waals surface area contributed by atoms with Crippen LogP contribution in [0.1, 0.15) is 42.7 Å². The highest BCUT2D eigenvalue weighted by atomic mass is 16.2. The van der Waals surface area contributed by atoms with Gasteiger partial charge in [-0.15, -0.1) is 0 Å². The predicted molar refractivity (Wildman–Crippen MR) is 83.6 cm³/mol. The average molecular weight is 291 g/mol. The molecule has 0 bridgehead atoms. The monoisotopic (exact) mass is 291 g/mol. The fourth-order valence-electron chi connectivity index (χ4n) is 2.94. The fraction of sp³-hybridized carbons (Fsp3) is 0.625. The first-order chi connectivity index (χ1) is 9.95. The molecule has 5 heteroatoms. The summed E-state index contributed by atoms with van der Waals surface area (Å²) < 4.78 is 0. The maximum Gasteiger partial charge on any atom is 0.260 e. The minimum atomic E-state index is -0.328. The smallest absolute Gasteiger partial charge is 0.260 e. The van der Waals surface area contributed by atoms with Gasteiger partial charge in [-0.25, -0.2) is 0 Å². The summed E-state index contributed by atoms with van der Waals surface area (Å²) in [6, 6.07) is 3.36. The van der Waals surface area contributed by atoms with Gasteiger partial charge in [-0.3, -0.25) is 9.59 Å². The summed E-state index contributed by atoms with van der Waals surface area (Å²) in [4.78, 5) is 29.0. The first-order valence-corrected chi connectivity index (χ1v) is 7.69. The fourth-order valence-corrected chi connectivity index (χ4v) is 2.94. The zero-order valence-corrected chi connectivity index (χ0v) is 13.1. The highest BCUT2D eigenvalue weighted by molar-refractivity contribution is 5.93. The van der Waals surface area contributed by atoms with Crippen LogP contribution in [0.3, 0.4) is 0 Å². The normalized spacial score (nSPS) is 21.0. The van der Waals surface area contributed by atoms with E-state index in [0.717, 1.165) is 31.2 Å². The summed E-state index contributed by atoms with van der Waals surface area (Å²) in [5.41, 5.74) is 0.609. The van der Waals surface area contributed by atoms with Crippen molar-refractivity contribution >= 4 is 5.91 Å². The number of H-pyrrole nitrogens is 1. The maximum absolute atomic E-state index is 12.1. The van der Waals surface area contributed by atoms with Crippen LogP contribution >= 0.6 is 0 Å². The largest absolute Gasteiger partial charge is 0.348 e. The molecule has 1 aliphatic heterocycles. The number of rotatable bonds is 4. The van der Waals surface area contributed by atoms with Crippen molar-refractivity contribution in [2.75, 3.05) is 19.6 Å². The van der Waals surface area contributed by atoms with Gasteiger partial charge in [-0.1, -0.05) is 6.92 Å². The summed E-state index contributed by atoms with van der Waals surface area (Å²) >= 11 is 0. The number of carbonyl (C=O) groups excluding carboxylic acids is 1. The number of aryl methyl sites for hydroxylation is 1.